The second-order valence-corrected chi connectivity index (χ2v) is 15.0. The maximum absolute atomic E-state index is 12.0. The summed E-state index contributed by atoms with van der Waals surface area (Å²) < 4.78 is 12.0. The molecule has 0 saturated carbocycles. The summed E-state index contributed by atoms with van der Waals surface area (Å²) in [6, 6.07) is 0. The molecule has 0 aromatic rings. The van der Waals surface area contributed by atoms with Crippen molar-refractivity contribution in [1.29, 1.82) is 0 Å². The van der Waals surface area contributed by atoms with E-state index in [0.29, 0.717) is 12.8 Å². The first kappa shape index (κ1) is 40.1. The normalized spacial score (nSPS) is 12.8. The Morgan fingerprint density at radius 2 is 0.525 bits per heavy atom. The van der Waals surface area contributed by atoms with Gasteiger partial charge in [0.1, 0.15) is 0 Å². The fourth-order valence-corrected chi connectivity index (χ4v) is 7.20. The molecular formula is C36H75O3P. The van der Waals surface area contributed by atoms with Crippen LogP contribution < -0.4 is 0 Å². The lowest BCUT2D eigenvalue weighted by Crippen LogP contribution is -2.08. The lowest BCUT2D eigenvalue weighted by Gasteiger charge is -2.18. The Morgan fingerprint density at radius 1 is 0.350 bits per heavy atom. The van der Waals surface area contributed by atoms with Crippen LogP contribution in [0.3, 0.4) is 0 Å². The molecule has 1 atom stereocenters. The van der Waals surface area contributed by atoms with Crippen molar-refractivity contribution in [2.75, 3.05) is 0 Å². The highest BCUT2D eigenvalue weighted by Gasteiger charge is 2.27. The van der Waals surface area contributed by atoms with Gasteiger partial charge in [-0.2, -0.15) is 0 Å². The Kier molecular flexibility index (Phi) is 32.2. The van der Waals surface area contributed by atoms with Crippen molar-refractivity contribution < 1.29 is 14.4 Å². The topological polar surface area (TPSA) is 57.5 Å². The van der Waals surface area contributed by atoms with Crippen LogP contribution in [0.25, 0.3) is 0 Å². The zero-order valence-electron chi connectivity index (χ0n) is 27.7. The third kappa shape index (κ3) is 31.1. The van der Waals surface area contributed by atoms with Gasteiger partial charge >= 0.3 is 7.60 Å². The SMILES string of the molecule is CCCCCCCCCCCCCCCCCCC(CCCCCCCCCCCCCCCCC)P(=O)(O)O. The molecule has 0 heterocycles. The summed E-state index contributed by atoms with van der Waals surface area (Å²) in [5.41, 5.74) is -0.402. The van der Waals surface area contributed by atoms with Gasteiger partial charge in [-0.15, -0.1) is 0 Å². The number of rotatable bonds is 34. The maximum atomic E-state index is 12.0. The Labute approximate surface area is 253 Å². The minimum atomic E-state index is -3.95. The van der Waals surface area contributed by atoms with Crippen LogP contribution in [0.2, 0.25) is 0 Å². The van der Waals surface area contributed by atoms with Crippen molar-refractivity contribution >= 4 is 7.60 Å². The van der Waals surface area contributed by atoms with Gasteiger partial charge in [-0.1, -0.05) is 213 Å². The van der Waals surface area contributed by atoms with Gasteiger partial charge in [-0.3, -0.25) is 4.57 Å². The van der Waals surface area contributed by atoms with Gasteiger partial charge in [0, 0.05) is 0 Å². The molecule has 3 nitrogen and oxygen atoms in total. The molecule has 0 fully saturated rings. The van der Waals surface area contributed by atoms with Crippen LogP contribution in [0.15, 0.2) is 0 Å². The van der Waals surface area contributed by atoms with Crippen LogP contribution >= 0.6 is 7.60 Å². The Morgan fingerprint density at radius 3 is 0.700 bits per heavy atom. The van der Waals surface area contributed by atoms with Gasteiger partial charge in [-0.25, -0.2) is 0 Å². The first-order valence-corrected chi connectivity index (χ1v) is 20.3. The summed E-state index contributed by atoms with van der Waals surface area (Å²) in [7, 11) is -3.95. The smallest absolute Gasteiger partial charge is 0.324 e. The summed E-state index contributed by atoms with van der Waals surface area (Å²) in [5, 5.41) is 0. The van der Waals surface area contributed by atoms with Crippen molar-refractivity contribution in [3.05, 3.63) is 0 Å². The van der Waals surface area contributed by atoms with Crippen LogP contribution in [0.5, 0.6) is 0 Å². The maximum Gasteiger partial charge on any atom is 0.328 e. The summed E-state index contributed by atoms with van der Waals surface area (Å²) in [6.07, 6.45) is 42.8. The Hall–Kier alpha value is 0.150. The molecule has 0 bridgehead atoms. The standard InChI is InChI=1S/C36H75O3P/c1-3-5-7-9-11-13-15-17-19-21-23-25-27-29-31-33-35-36(40(37,38)39)34-32-30-28-26-24-22-20-18-16-14-12-10-8-6-4-2/h36H,3-35H2,1-2H3,(H2,37,38,39). The molecular weight excluding hydrogens is 511 g/mol. The van der Waals surface area contributed by atoms with Crippen molar-refractivity contribution in [2.45, 2.75) is 231 Å². The molecule has 0 aliphatic rings. The van der Waals surface area contributed by atoms with E-state index in [4.69, 9.17) is 0 Å². The minimum absolute atomic E-state index is 0.402. The highest BCUT2D eigenvalue weighted by molar-refractivity contribution is 7.52. The molecule has 40 heavy (non-hydrogen) atoms. The van der Waals surface area contributed by atoms with Crippen molar-refractivity contribution in [1.82, 2.24) is 0 Å². The van der Waals surface area contributed by atoms with E-state index < -0.39 is 13.3 Å². The Balaban J connectivity index is 3.50. The van der Waals surface area contributed by atoms with E-state index >= 15 is 0 Å². The van der Waals surface area contributed by atoms with Gasteiger partial charge in [0.05, 0.1) is 5.66 Å². The van der Waals surface area contributed by atoms with E-state index in [9.17, 15) is 14.4 Å². The minimum Gasteiger partial charge on any atom is -0.324 e. The van der Waals surface area contributed by atoms with Gasteiger partial charge in [-0.05, 0) is 12.8 Å². The molecule has 0 aliphatic heterocycles. The molecule has 4 heteroatoms. The van der Waals surface area contributed by atoms with Crippen LogP contribution in [-0.2, 0) is 4.57 Å². The Bertz CT molecular complexity index is 518. The second-order valence-electron chi connectivity index (χ2n) is 13.1. The summed E-state index contributed by atoms with van der Waals surface area (Å²) >= 11 is 0. The average molecular weight is 587 g/mol. The summed E-state index contributed by atoms with van der Waals surface area (Å²) in [6.45, 7) is 4.56. The molecule has 0 amide bonds. The second kappa shape index (κ2) is 32.1. The van der Waals surface area contributed by atoms with Crippen molar-refractivity contribution in [3.8, 4) is 0 Å². The largest absolute Gasteiger partial charge is 0.328 e. The van der Waals surface area contributed by atoms with Crippen molar-refractivity contribution in [2.24, 2.45) is 0 Å². The molecule has 242 valence electrons. The number of unbranched alkanes of at least 4 members (excludes halogenated alkanes) is 29. The third-order valence-electron chi connectivity index (χ3n) is 9.01. The fourth-order valence-electron chi connectivity index (χ4n) is 6.16. The molecule has 0 spiro atoms. The van der Waals surface area contributed by atoms with Crippen LogP contribution in [0, 0.1) is 0 Å². The first-order chi connectivity index (χ1) is 19.5. The van der Waals surface area contributed by atoms with Gasteiger partial charge in [0.15, 0.2) is 0 Å². The van der Waals surface area contributed by atoms with Gasteiger partial charge in [0.25, 0.3) is 0 Å². The molecule has 0 saturated heterocycles. The molecule has 1 unspecified atom stereocenters. The zero-order chi connectivity index (χ0) is 29.4. The molecule has 0 radical (unpaired) electrons. The highest BCUT2D eigenvalue weighted by atomic mass is 31.2. The van der Waals surface area contributed by atoms with Crippen LogP contribution in [0.4, 0.5) is 0 Å². The van der Waals surface area contributed by atoms with E-state index in [1.165, 1.54) is 173 Å². The summed E-state index contributed by atoms with van der Waals surface area (Å²) in [4.78, 5) is 19.7. The third-order valence-corrected chi connectivity index (χ3v) is 10.5. The fraction of sp³-hybridized carbons (Fsp3) is 1.00. The molecule has 0 rings (SSSR count). The molecule has 0 aliphatic carbocycles. The van der Waals surface area contributed by atoms with Crippen LogP contribution in [0.1, 0.15) is 226 Å². The van der Waals surface area contributed by atoms with Gasteiger partial charge in [0.2, 0.25) is 0 Å². The highest BCUT2D eigenvalue weighted by Crippen LogP contribution is 2.46. The lowest BCUT2D eigenvalue weighted by atomic mass is 10.0. The van der Waals surface area contributed by atoms with Crippen molar-refractivity contribution in [3.63, 3.8) is 0 Å². The van der Waals surface area contributed by atoms with Gasteiger partial charge < -0.3 is 9.79 Å². The monoisotopic (exact) mass is 587 g/mol. The van der Waals surface area contributed by atoms with E-state index in [2.05, 4.69) is 13.8 Å². The number of hydrogen-bond acceptors (Lipinski definition) is 1. The quantitative estimate of drug-likeness (QED) is 0.0582. The predicted octanol–water partition coefficient (Wildman–Crippen LogP) is 13.4. The zero-order valence-corrected chi connectivity index (χ0v) is 28.6. The number of hydrogen-bond donors (Lipinski definition) is 2. The average Bonchev–Trinajstić information content (AvgIpc) is 2.93. The molecule has 0 aromatic heterocycles. The van der Waals surface area contributed by atoms with E-state index in [1.54, 1.807) is 0 Å². The molecule has 2 N–H and O–H groups in total. The van der Waals surface area contributed by atoms with E-state index in [0.717, 1.165) is 25.7 Å². The van der Waals surface area contributed by atoms with E-state index in [-0.39, 0.29) is 0 Å². The van der Waals surface area contributed by atoms with Crippen LogP contribution in [-0.4, -0.2) is 15.4 Å². The lowest BCUT2D eigenvalue weighted by molar-refractivity contribution is 0.345. The molecule has 0 aromatic carbocycles. The summed E-state index contributed by atoms with van der Waals surface area (Å²) in [5.74, 6) is 0. The van der Waals surface area contributed by atoms with E-state index in [1.807, 2.05) is 0 Å². The first-order valence-electron chi connectivity index (χ1n) is 18.6. The predicted molar refractivity (Wildman–Crippen MR) is 180 cm³/mol.